The number of nitrogens with one attached hydrogen (secondary N) is 1. The molecule has 2 rings (SSSR count). The summed E-state index contributed by atoms with van der Waals surface area (Å²) in [4.78, 5) is 0. The van der Waals surface area contributed by atoms with E-state index in [1.54, 1.807) is 0 Å². The van der Waals surface area contributed by atoms with Crippen LogP contribution in [0.2, 0.25) is 0 Å². The Labute approximate surface area is 128 Å². The molecule has 0 radical (unpaired) electrons. The van der Waals surface area contributed by atoms with Crippen LogP contribution in [0.3, 0.4) is 0 Å². The SMILES string of the molecule is CCNCC(CCCOc1ccccc1)c1ccccc1. The Morgan fingerprint density at radius 3 is 2.29 bits per heavy atom. The van der Waals surface area contributed by atoms with Crippen LogP contribution in [-0.4, -0.2) is 19.7 Å². The maximum atomic E-state index is 5.78. The molecule has 112 valence electrons. The first-order chi connectivity index (χ1) is 10.4. The monoisotopic (exact) mass is 283 g/mol. The first kappa shape index (κ1) is 15.6. The second-order valence-corrected chi connectivity index (χ2v) is 5.22. The van der Waals surface area contributed by atoms with Crippen molar-refractivity contribution in [2.75, 3.05) is 19.7 Å². The summed E-state index contributed by atoms with van der Waals surface area (Å²) in [6, 6.07) is 20.8. The van der Waals surface area contributed by atoms with Crippen LogP contribution >= 0.6 is 0 Å². The summed E-state index contributed by atoms with van der Waals surface area (Å²) in [5, 5.41) is 3.46. The molecule has 0 amide bonds. The van der Waals surface area contributed by atoms with Gasteiger partial charge in [0, 0.05) is 6.54 Å². The van der Waals surface area contributed by atoms with Crippen molar-refractivity contribution in [3.8, 4) is 5.75 Å². The standard InChI is InChI=1S/C19H25NO/c1-2-20-16-18(17-10-5-3-6-11-17)12-9-15-21-19-13-7-4-8-14-19/h3-8,10-11,13-14,18,20H,2,9,12,15-16H2,1H3. The van der Waals surface area contributed by atoms with Gasteiger partial charge in [0.1, 0.15) is 5.75 Å². The van der Waals surface area contributed by atoms with Gasteiger partial charge in [0.15, 0.2) is 0 Å². The van der Waals surface area contributed by atoms with Crippen molar-refractivity contribution in [1.82, 2.24) is 5.32 Å². The Bertz CT molecular complexity index is 483. The number of benzene rings is 2. The smallest absolute Gasteiger partial charge is 0.119 e. The fraction of sp³-hybridized carbons (Fsp3) is 0.368. The van der Waals surface area contributed by atoms with Crippen LogP contribution in [0.15, 0.2) is 60.7 Å². The van der Waals surface area contributed by atoms with Gasteiger partial charge >= 0.3 is 0 Å². The van der Waals surface area contributed by atoms with Gasteiger partial charge in [0.05, 0.1) is 6.61 Å². The van der Waals surface area contributed by atoms with Crippen LogP contribution in [0.1, 0.15) is 31.2 Å². The Kier molecular flexibility index (Phi) is 6.82. The number of likely N-dealkylation sites (N-methyl/N-ethyl adjacent to an activating group) is 1. The molecule has 2 aromatic carbocycles. The molecule has 1 N–H and O–H groups in total. The molecule has 0 saturated carbocycles. The molecule has 0 spiro atoms. The molecule has 1 atom stereocenters. The lowest BCUT2D eigenvalue weighted by molar-refractivity contribution is 0.300. The van der Waals surface area contributed by atoms with E-state index < -0.39 is 0 Å². The molecule has 0 saturated heterocycles. The van der Waals surface area contributed by atoms with Crippen molar-refractivity contribution < 1.29 is 4.74 Å². The Hall–Kier alpha value is -1.80. The van der Waals surface area contributed by atoms with Crippen molar-refractivity contribution >= 4 is 0 Å². The largest absolute Gasteiger partial charge is 0.494 e. The first-order valence-electron chi connectivity index (χ1n) is 7.83. The fourth-order valence-electron chi connectivity index (χ4n) is 2.47. The quantitative estimate of drug-likeness (QED) is 0.695. The Morgan fingerprint density at radius 2 is 1.62 bits per heavy atom. The summed E-state index contributed by atoms with van der Waals surface area (Å²) < 4.78 is 5.78. The van der Waals surface area contributed by atoms with E-state index in [1.807, 2.05) is 30.3 Å². The van der Waals surface area contributed by atoms with Gasteiger partial charge in [-0.3, -0.25) is 0 Å². The maximum absolute atomic E-state index is 5.78. The molecule has 0 bridgehead atoms. The van der Waals surface area contributed by atoms with Crippen LogP contribution in [0.4, 0.5) is 0 Å². The van der Waals surface area contributed by atoms with Crippen molar-refractivity contribution in [3.05, 3.63) is 66.2 Å². The molecule has 2 nitrogen and oxygen atoms in total. The van der Waals surface area contributed by atoms with E-state index >= 15 is 0 Å². The molecule has 0 fully saturated rings. The zero-order valence-corrected chi connectivity index (χ0v) is 12.8. The van der Waals surface area contributed by atoms with Gasteiger partial charge in [-0.25, -0.2) is 0 Å². The van der Waals surface area contributed by atoms with Gasteiger partial charge in [0.2, 0.25) is 0 Å². The lowest BCUT2D eigenvalue weighted by Crippen LogP contribution is -2.21. The van der Waals surface area contributed by atoms with E-state index in [4.69, 9.17) is 4.74 Å². The van der Waals surface area contributed by atoms with E-state index in [1.165, 1.54) is 5.56 Å². The van der Waals surface area contributed by atoms with E-state index in [-0.39, 0.29) is 0 Å². The predicted molar refractivity (Wildman–Crippen MR) is 88.9 cm³/mol. The minimum absolute atomic E-state index is 0.561. The van der Waals surface area contributed by atoms with Crippen LogP contribution in [-0.2, 0) is 0 Å². The van der Waals surface area contributed by atoms with Gasteiger partial charge in [-0.05, 0) is 43.0 Å². The molecule has 2 aromatic rings. The summed E-state index contributed by atoms with van der Waals surface area (Å²) in [6.07, 6.45) is 2.21. The minimum atomic E-state index is 0.561. The third-order valence-electron chi connectivity index (χ3n) is 3.62. The second-order valence-electron chi connectivity index (χ2n) is 5.22. The molecular weight excluding hydrogens is 258 g/mol. The summed E-state index contributed by atoms with van der Waals surface area (Å²) in [6.45, 7) is 4.98. The van der Waals surface area contributed by atoms with Crippen molar-refractivity contribution in [1.29, 1.82) is 0 Å². The zero-order chi connectivity index (χ0) is 14.8. The highest BCUT2D eigenvalue weighted by molar-refractivity contribution is 5.21. The number of hydrogen-bond acceptors (Lipinski definition) is 2. The van der Waals surface area contributed by atoms with E-state index in [9.17, 15) is 0 Å². The highest BCUT2D eigenvalue weighted by Gasteiger charge is 2.10. The molecule has 0 aliphatic rings. The van der Waals surface area contributed by atoms with E-state index in [2.05, 4.69) is 42.6 Å². The van der Waals surface area contributed by atoms with Crippen LogP contribution in [0.5, 0.6) is 5.75 Å². The molecule has 0 heterocycles. The van der Waals surface area contributed by atoms with Crippen LogP contribution in [0.25, 0.3) is 0 Å². The van der Waals surface area contributed by atoms with Crippen molar-refractivity contribution in [2.45, 2.75) is 25.7 Å². The number of ether oxygens (including phenoxy) is 1. The van der Waals surface area contributed by atoms with Gasteiger partial charge in [0.25, 0.3) is 0 Å². The third-order valence-corrected chi connectivity index (χ3v) is 3.62. The Balaban J connectivity index is 1.79. The highest BCUT2D eigenvalue weighted by atomic mass is 16.5. The van der Waals surface area contributed by atoms with E-state index in [0.29, 0.717) is 5.92 Å². The Morgan fingerprint density at radius 1 is 0.952 bits per heavy atom. The molecular formula is C19H25NO. The van der Waals surface area contributed by atoms with Crippen molar-refractivity contribution in [3.63, 3.8) is 0 Å². The molecule has 0 aliphatic carbocycles. The number of para-hydroxylation sites is 1. The molecule has 2 heteroatoms. The summed E-state index contributed by atoms with van der Waals surface area (Å²) in [5.74, 6) is 1.52. The molecule has 0 aromatic heterocycles. The molecule has 1 unspecified atom stereocenters. The second kappa shape index (κ2) is 9.19. The van der Waals surface area contributed by atoms with Gasteiger partial charge in [-0.15, -0.1) is 0 Å². The highest BCUT2D eigenvalue weighted by Crippen LogP contribution is 2.20. The van der Waals surface area contributed by atoms with E-state index in [0.717, 1.165) is 38.3 Å². The minimum Gasteiger partial charge on any atom is -0.494 e. The van der Waals surface area contributed by atoms with Gasteiger partial charge in [-0.2, -0.15) is 0 Å². The van der Waals surface area contributed by atoms with Crippen LogP contribution < -0.4 is 10.1 Å². The topological polar surface area (TPSA) is 21.3 Å². The predicted octanol–water partition coefficient (Wildman–Crippen LogP) is 4.24. The van der Waals surface area contributed by atoms with Gasteiger partial charge < -0.3 is 10.1 Å². The third kappa shape index (κ3) is 5.60. The average Bonchev–Trinajstić information content (AvgIpc) is 2.56. The fourth-order valence-corrected chi connectivity index (χ4v) is 2.47. The van der Waals surface area contributed by atoms with Gasteiger partial charge in [-0.1, -0.05) is 55.5 Å². The number of rotatable bonds is 9. The lowest BCUT2D eigenvalue weighted by Gasteiger charge is -2.18. The van der Waals surface area contributed by atoms with Crippen molar-refractivity contribution in [2.24, 2.45) is 0 Å². The summed E-state index contributed by atoms with van der Waals surface area (Å²) >= 11 is 0. The maximum Gasteiger partial charge on any atom is 0.119 e. The molecule has 0 aliphatic heterocycles. The first-order valence-corrected chi connectivity index (χ1v) is 7.83. The zero-order valence-electron chi connectivity index (χ0n) is 12.8. The number of hydrogen-bond donors (Lipinski definition) is 1. The summed E-state index contributed by atoms with van der Waals surface area (Å²) in [5.41, 5.74) is 1.41. The normalized spacial score (nSPS) is 12.0. The van der Waals surface area contributed by atoms with Crippen LogP contribution in [0, 0.1) is 0 Å². The lowest BCUT2D eigenvalue weighted by atomic mass is 9.94. The average molecular weight is 283 g/mol. The summed E-state index contributed by atoms with van der Waals surface area (Å²) in [7, 11) is 0. The molecule has 21 heavy (non-hydrogen) atoms.